The van der Waals surface area contributed by atoms with Gasteiger partial charge in [-0.15, -0.1) is 0 Å². The van der Waals surface area contributed by atoms with Crippen molar-refractivity contribution in [2.24, 2.45) is 0 Å². The van der Waals surface area contributed by atoms with Crippen LogP contribution in [0.25, 0.3) is 0 Å². The van der Waals surface area contributed by atoms with Crippen LogP contribution in [-0.4, -0.2) is 97.5 Å². The van der Waals surface area contributed by atoms with Gasteiger partial charge < -0.3 is 34.3 Å². The molecule has 54 heavy (non-hydrogen) atoms. The average Bonchev–Trinajstić information content (AvgIpc) is 3.14. The summed E-state index contributed by atoms with van der Waals surface area (Å²) in [6.07, 6.45) is 30.3. The molecule has 312 valence electrons. The lowest BCUT2D eigenvalue weighted by atomic mass is 9.99. The average molecular weight is 787 g/mol. The highest BCUT2D eigenvalue weighted by atomic mass is 32.3. The van der Waals surface area contributed by atoms with Crippen LogP contribution in [0.4, 0.5) is 0 Å². The number of carbonyl (C=O) groups excluding carboxylic acids is 1. The maximum Gasteiger partial charge on any atom is 0.397 e. The zero-order valence-electron chi connectivity index (χ0n) is 32.8. The molecule has 0 radical (unpaired) electrons. The second-order valence-electron chi connectivity index (χ2n) is 13.5. The molecule has 1 heterocycles. The van der Waals surface area contributed by atoms with Gasteiger partial charge in [0.25, 0.3) is 0 Å². The topological polar surface area (TPSA) is 178 Å². The van der Waals surface area contributed by atoms with Crippen molar-refractivity contribution in [3.05, 3.63) is 60.8 Å². The van der Waals surface area contributed by atoms with Gasteiger partial charge in [-0.3, -0.25) is 9.35 Å². The molecule has 0 spiro atoms. The van der Waals surface area contributed by atoms with Gasteiger partial charge in [-0.25, -0.2) is 4.18 Å². The molecule has 1 aliphatic heterocycles. The molecule has 1 aliphatic rings. The van der Waals surface area contributed by atoms with Crippen LogP contribution in [0.5, 0.6) is 0 Å². The van der Waals surface area contributed by atoms with Gasteiger partial charge in [0, 0.05) is 13.0 Å². The minimum atomic E-state index is -5.06. The summed E-state index contributed by atoms with van der Waals surface area (Å²) in [5.74, 6) is -0.422. The van der Waals surface area contributed by atoms with Crippen LogP contribution in [0.2, 0.25) is 0 Å². The van der Waals surface area contributed by atoms with E-state index in [0.717, 1.165) is 96.3 Å². The predicted octanol–water partition coefficient (Wildman–Crippen LogP) is 7.40. The first-order valence-electron chi connectivity index (χ1n) is 20.0. The Kier molecular flexibility index (Phi) is 30.4. The quantitative estimate of drug-likeness (QED) is 0.0225. The molecule has 0 aromatic rings. The first-order valence-corrected chi connectivity index (χ1v) is 21.4. The van der Waals surface area contributed by atoms with Crippen LogP contribution in [0.1, 0.15) is 129 Å². The van der Waals surface area contributed by atoms with Gasteiger partial charge in [0.15, 0.2) is 6.29 Å². The van der Waals surface area contributed by atoms with Crippen LogP contribution in [-0.2, 0) is 38.3 Å². The zero-order valence-corrected chi connectivity index (χ0v) is 33.6. The number of esters is 1. The molecule has 1 fully saturated rings. The molecule has 0 aromatic heterocycles. The highest BCUT2D eigenvalue weighted by Gasteiger charge is 2.48. The van der Waals surface area contributed by atoms with E-state index in [0.29, 0.717) is 13.0 Å². The fraction of sp³-hybridized carbons (Fsp3) is 0.732. The number of rotatable bonds is 33. The second kappa shape index (κ2) is 33.0. The molecule has 4 N–H and O–H groups in total. The Morgan fingerprint density at radius 1 is 0.722 bits per heavy atom. The van der Waals surface area contributed by atoms with Crippen LogP contribution in [0.3, 0.4) is 0 Å². The molecular weight excluding hydrogens is 717 g/mol. The van der Waals surface area contributed by atoms with E-state index in [1.165, 1.54) is 6.42 Å². The first-order chi connectivity index (χ1) is 26.1. The van der Waals surface area contributed by atoms with E-state index in [2.05, 4.69) is 78.8 Å². The summed E-state index contributed by atoms with van der Waals surface area (Å²) in [4.78, 5) is 12.6. The van der Waals surface area contributed by atoms with Gasteiger partial charge in [0.05, 0.1) is 19.8 Å². The number of carbonyl (C=O) groups is 1. The maximum absolute atomic E-state index is 12.6. The SMILES string of the molecule is CC/C=C\C/C=C\C/C=C\C/C=C\C/C=C\CCCCCCCCOCC(COC1OC(CO)C(O)C(OS(=O)(=O)O)C1O)OC(=O)CCCCCCC. The lowest BCUT2D eigenvalue weighted by molar-refractivity contribution is -0.301. The van der Waals surface area contributed by atoms with E-state index in [1.54, 1.807) is 0 Å². The smallest absolute Gasteiger partial charge is 0.397 e. The van der Waals surface area contributed by atoms with Gasteiger partial charge >= 0.3 is 16.4 Å². The number of hydrogen-bond donors (Lipinski definition) is 4. The van der Waals surface area contributed by atoms with E-state index in [4.69, 9.17) is 23.5 Å². The van der Waals surface area contributed by atoms with Crippen molar-refractivity contribution in [2.75, 3.05) is 26.4 Å². The number of hydrogen-bond acceptors (Lipinski definition) is 11. The van der Waals surface area contributed by atoms with Gasteiger partial charge in [0.2, 0.25) is 0 Å². The molecule has 0 bridgehead atoms. The molecule has 0 amide bonds. The predicted molar refractivity (Wildman–Crippen MR) is 211 cm³/mol. The third kappa shape index (κ3) is 26.6. The zero-order chi connectivity index (χ0) is 39.7. The van der Waals surface area contributed by atoms with Gasteiger partial charge in [-0.2, -0.15) is 8.42 Å². The first kappa shape index (κ1) is 49.8. The summed E-state index contributed by atoms with van der Waals surface area (Å²) in [6.45, 7) is 3.70. The molecule has 0 saturated carbocycles. The summed E-state index contributed by atoms with van der Waals surface area (Å²) in [7, 11) is -5.06. The number of aliphatic hydroxyl groups is 3. The van der Waals surface area contributed by atoms with Gasteiger partial charge in [0.1, 0.15) is 30.5 Å². The Labute approximate surface area is 325 Å². The molecule has 0 aliphatic carbocycles. The maximum atomic E-state index is 12.6. The molecule has 1 saturated heterocycles. The summed E-state index contributed by atoms with van der Waals surface area (Å²) in [6, 6.07) is 0. The van der Waals surface area contributed by atoms with Crippen molar-refractivity contribution in [3.63, 3.8) is 0 Å². The third-order valence-electron chi connectivity index (χ3n) is 8.65. The van der Waals surface area contributed by atoms with Crippen LogP contribution >= 0.6 is 0 Å². The van der Waals surface area contributed by atoms with E-state index in [-0.39, 0.29) is 19.6 Å². The molecular formula is C41H70O12S. The summed E-state index contributed by atoms with van der Waals surface area (Å²) in [5, 5.41) is 30.4. The number of allylic oxidation sites excluding steroid dienone is 10. The Morgan fingerprint density at radius 3 is 1.87 bits per heavy atom. The fourth-order valence-electron chi connectivity index (χ4n) is 5.64. The highest BCUT2D eigenvalue weighted by molar-refractivity contribution is 7.80. The van der Waals surface area contributed by atoms with E-state index < -0.39 is 59.8 Å². The Hall–Kier alpha value is -2.20. The molecule has 6 unspecified atom stereocenters. The summed E-state index contributed by atoms with van der Waals surface area (Å²) in [5.41, 5.74) is 0. The van der Waals surface area contributed by atoms with Crippen molar-refractivity contribution < 1.29 is 56.2 Å². The lowest BCUT2D eigenvalue weighted by Crippen LogP contribution is -2.60. The second-order valence-corrected chi connectivity index (χ2v) is 14.5. The van der Waals surface area contributed by atoms with Crippen molar-refractivity contribution >= 4 is 16.4 Å². The van der Waals surface area contributed by atoms with Crippen molar-refractivity contribution in [2.45, 2.75) is 166 Å². The fourth-order valence-corrected chi connectivity index (χ4v) is 6.15. The number of aliphatic hydroxyl groups excluding tert-OH is 3. The van der Waals surface area contributed by atoms with Crippen LogP contribution < -0.4 is 0 Å². The molecule has 0 aromatic carbocycles. The summed E-state index contributed by atoms with van der Waals surface area (Å²) < 4.78 is 58.5. The number of ether oxygens (including phenoxy) is 4. The van der Waals surface area contributed by atoms with E-state index in [9.17, 15) is 28.5 Å². The Bertz CT molecular complexity index is 1180. The molecule has 1 rings (SSSR count). The third-order valence-corrected chi connectivity index (χ3v) is 9.12. The van der Waals surface area contributed by atoms with Crippen LogP contribution in [0.15, 0.2) is 60.8 Å². The van der Waals surface area contributed by atoms with Crippen molar-refractivity contribution in [1.29, 1.82) is 0 Å². The van der Waals surface area contributed by atoms with E-state index in [1.807, 2.05) is 0 Å². The van der Waals surface area contributed by atoms with Gasteiger partial charge in [-0.05, 0) is 57.8 Å². The number of unbranched alkanes of at least 4 members (excludes halogenated alkanes) is 10. The van der Waals surface area contributed by atoms with E-state index >= 15 is 0 Å². The molecule has 13 heteroatoms. The highest BCUT2D eigenvalue weighted by Crippen LogP contribution is 2.26. The van der Waals surface area contributed by atoms with Crippen molar-refractivity contribution in [3.8, 4) is 0 Å². The minimum absolute atomic E-state index is 0.0225. The van der Waals surface area contributed by atoms with Crippen LogP contribution in [0, 0.1) is 0 Å². The normalized spacial score (nSPS) is 21.8. The standard InChI is InChI=1S/C41H70O12S/c1-3-5-7-9-10-11-12-13-14-15-16-17-18-19-20-21-22-23-24-25-27-29-31-49-33-35(51-37(43)30-28-26-8-6-4-2)34-50-41-39(45)40(53-54(46,47)48)38(44)36(32-42)52-41/h5,7,10-11,13-14,16-17,19-20,35-36,38-42,44-45H,3-4,6,8-9,12,15,18,21-34H2,1-2H3,(H,46,47,48)/b7-5-,11-10-,14-13-,17-16-,20-19-. The Balaban J connectivity index is 2.35. The monoisotopic (exact) mass is 786 g/mol. The minimum Gasteiger partial charge on any atom is -0.457 e. The molecule has 12 nitrogen and oxygen atoms in total. The largest absolute Gasteiger partial charge is 0.457 e. The molecule has 6 atom stereocenters. The summed E-state index contributed by atoms with van der Waals surface area (Å²) >= 11 is 0. The Morgan fingerprint density at radius 2 is 1.28 bits per heavy atom. The lowest BCUT2D eigenvalue weighted by Gasteiger charge is -2.41. The van der Waals surface area contributed by atoms with Crippen molar-refractivity contribution in [1.82, 2.24) is 0 Å². The van der Waals surface area contributed by atoms with Gasteiger partial charge in [-0.1, -0.05) is 126 Å².